The van der Waals surface area contributed by atoms with Crippen molar-refractivity contribution in [2.45, 2.75) is 56.6 Å². The minimum atomic E-state index is -0.826. The van der Waals surface area contributed by atoms with Crippen molar-refractivity contribution in [2.24, 2.45) is 0 Å². The van der Waals surface area contributed by atoms with Crippen molar-refractivity contribution in [3.63, 3.8) is 0 Å². The van der Waals surface area contributed by atoms with Gasteiger partial charge in [-0.25, -0.2) is 0 Å². The van der Waals surface area contributed by atoms with Crippen LogP contribution >= 0.6 is 0 Å². The highest BCUT2D eigenvalue weighted by atomic mass is 16.3. The Morgan fingerprint density at radius 1 is 1.33 bits per heavy atom. The van der Waals surface area contributed by atoms with Gasteiger partial charge in [-0.3, -0.25) is 9.59 Å². The van der Waals surface area contributed by atoms with Crippen molar-refractivity contribution in [2.75, 3.05) is 13.6 Å². The predicted molar refractivity (Wildman–Crippen MR) is 66.8 cm³/mol. The average Bonchev–Trinajstić information content (AvgIpc) is 2.96. The van der Waals surface area contributed by atoms with Crippen molar-refractivity contribution >= 4 is 11.8 Å². The second-order valence-electron chi connectivity index (χ2n) is 5.47. The van der Waals surface area contributed by atoms with Gasteiger partial charge in [0.25, 0.3) is 0 Å². The molecule has 0 aromatic rings. The Morgan fingerprint density at radius 3 is 2.61 bits per heavy atom. The number of nitrogens with one attached hydrogen (secondary N) is 1. The fourth-order valence-electron chi connectivity index (χ4n) is 3.10. The molecule has 102 valence electrons. The van der Waals surface area contributed by atoms with Gasteiger partial charge in [0.05, 0.1) is 12.0 Å². The highest BCUT2D eigenvalue weighted by Crippen LogP contribution is 2.33. The van der Waals surface area contributed by atoms with Crippen LogP contribution in [0.2, 0.25) is 0 Å². The van der Waals surface area contributed by atoms with Gasteiger partial charge < -0.3 is 15.3 Å². The standard InChI is InChI=1S/C13H22N2O3/c1-14-12(17)10-5-4-8-15(10)11(16)9-13(18)6-2-3-7-13/h10,18H,2-9H2,1H3,(H,14,17). The van der Waals surface area contributed by atoms with Crippen molar-refractivity contribution in [3.05, 3.63) is 0 Å². The number of likely N-dealkylation sites (tertiary alicyclic amines) is 1. The van der Waals surface area contributed by atoms with Gasteiger partial charge in [0.2, 0.25) is 11.8 Å². The second kappa shape index (κ2) is 5.26. The summed E-state index contributed by atoms with van der Waals surface area (Å²) < 4.78 is 0. The van der Waals surface area contributed by atoms with E-state index in [1.807, 2.05) is 0 Å². The lowest BCUT2D eigenvalue weighted by Crippen LogP contribution is -2.47. The van der Waals surface area contributed by atoms with E-state index in [9.17, 15) is 14.7 Å². The molecule has 1 heterocycles. The van der Waals surface area contributed by atoms with Crippen molar-refractivity contribution in [3.8, 4) is 0 Å². The van der Waals surface area contributed by atoms with Crippen LogP contribution in [0.25, 0.3) is 0 Å². The summed E-state index contributed by atoms with van der Waals surface area (Å²) in [6.07, 6.45) is 5.15. The summed E-state index contributed by atoms with van der Waals surface area (Å²) in [7, 11) is 1.59. The summed E-state index contributed by atoms with van der Waals surface area (Å²) in [4.78, 5) is 25.5. The first kappa shape index (κ1) is 13.3. The number of hydrogen-bond acceptors (Lipinski definition) is 3. The molecule has 0 radical (unpaired) electrons. The van der Waals surface area contributed by atoms with Gasteiger partial charge in [-0.1, -0.05) is 12.8 Å². The second-order valence-corrected chi connectivity index (χ2v) is 5.47. The van der Waals surface area contributed by atoms with Gasteiger partial charge in [0, 0.05) is 13.6 Å². The number of likely N-dealkylation sites (N-methyl/N-ethyl adjacent to an activating group) is 1. The van der Waals surface area contributed by atoms with Gasteiger partial charge in [-0.05, 0) is 25.7 Å². The minimum Gasteiger partial charge on any atom is -0.389 e. The lowest BCUT2D eigenvalue weighted by atomic mass is 9.97. The van der Waals surface area contributed by atoms with E-state index in [1.54, 1.807) is 11.9 Å². The quantitative estimate of drug-likeness (QED) is 0.767. The molecular formula is C13H22N2O3. The number of carbonyl (C=O) groups is 2. The van der Waals surface area contributed by atoms with Crippen molar-refractivity contribution in [1.29, 1.82) is 0 Å². The molecule has 1 saturated heterocycles. The molecule has 2 fully saturated rings. The first-order valence-corrected chi connectivity index (χ1v) is 6.79. The lowest BCUT2D eigenvalue weighted by Gasteiger charge is -2.28. The summed E-state index contributed by atoms with van der Waals surface area (Å²) in [5.74, 6) is -0.176. The molecule has 2 N–H and O–H groups in total. The molecular weight excluding hydrogens is 232 g/mol. The summed E-state index contributed by atoms with van der Waals surface area (Å²) in [6, 6.07) is -0.340. The minimum absolute atomic E-state index is 0.0782. The molecule has 1 atom stereocenters. The lowest BCUT2D eigenvalue weighted by molar-refractivity contribution is -0.142. The molecule has 0 spiro atoms. The van der Waals surface area contributed by atoms with Crippen LogP contribution in [0.4, 0.5) is 0 Å². The van der Waals surface area contributed by atoms with E-state index in [0.717, 1.165) is 25.7 Å². The molecule has 2 amide bonds. The molecule has 5 nitrogen and oxygen atoms in total. The van der Waals surface area contributed by atoms with Crippen LogP contribution in [0, 0.1) is 0 Å². The third-order valence-corrected chi connectivity index (χ3v) is 4.14. The van der Waals surface area contributed by atoms with Crippen molar-refractivity contribution in [1.82, 2.24) is 10.2 Å². The monoisotopic (exact) mass is 254 g/mol. The topological polar surface area (TPSA) is 69.6 Å². The van der Waals surface area contributed by atoms with E-state index in [0.29, 0.717) is 19.4 Å². The van der Waals surface area contributed by atoms with Gasteiger partial charge in [-0.2, -0.15) is 0 Å². The van der Waals surface area contributed by atoms with Crippen LogP contribution in [-0.4, -0.2) is 47.1 Å². The Hall–Kier alpha value is -1.10. The maximum absolute atomic E-state index is 12.2. The molecule has 18 heavy (non-hydrogen) atoms. The summed E-state index contributed by atoms with van der Waals surface area (Å²) >= 11 is 0. The summed E-state index contributed by atoms with van der Waals surface area (Å²) in [6.45, 7) is 0.632. The van der Waals surface area contributed by atoms with Crippen LogP contribution < -0.4 is 5.32 Å². The van der Waals surface area contributed by atoms with Gasteiger partial charge in [0.1, 0.15) is 6.04 Å². The number of amides is 2. The van der Waals surface area contributed by atoms with Crippen molar-refractivity contribution < 1.29 is 14.7 Å². The molecule has 2 aliphatic rings. The molecule has 0 bridgehead atoms. The molecule has 1 unspecified atom stereocenters. The fourth-order valence-corrected chi connectivity index (χ4v) is 3.10. The smallest absolute Gasteiger partial charge is 0.242 e. The SMILES string of the molecule is CNC(=O)C1CCCN1C(=O)CC1(O)CCCC1. The summed E-state index contributed by atoms with van der Waals surface area (Å²) in [5.41, 5.74) is -0.826. The van der Waals surface area contributed by atoms with E-state index in [-0.39, 0.29) is 24.3 Å². The fraction of sp³-hybridized carbons (Fsp3) is 0.846. The predicted octanol–water partition coefficient (Wildman–Crippen LogP) is 0.419. The third-order valence-electron chi connectivity index (χ3n) is 4.14. The normalized spacial score (nSPS) is 26.3. The molecule has 1 aliphatic carbocycles. The maximum atomic E-state index is 12.2. The molecule has 2 rings (SSSR count). The molecule has 1 aliphatic heterocycles. The van der Waals surface area contributed by atoms with Crippen LogP contribution in [0.3, 0.4) is 0 Å². The van der Waals surface area contributed by atoms with Gasteiger partial charge >= 0.3 is 0 Å². The zero-order valence-corrected chi connectivity index (χ0v) is 10.9. The first-order chi connectivity index (χ1) is 8.56. The third kappa shape index (κ3) is 2.66. The Kier molecular flexibility index (Phi) is 3.90. The highest BCUT2D eigenvalue weighted by molar-refractivity contribution is 5.88. The van der Waals surface area contributed by atoms with E-state index in [2.05, 4.69) is 5.32 Å². The zero-order valence-electron chi connectivity index (χ0n) is 10.9. The first-order valence-electron chi connectivity index (χ1n) is 6.79. The Bertz CT molecular complexity index is 337. The zero-order chi connectivity index (χ0) is 13.2. The largest absolute Gasteiger partial charge is 0.389 e. The number of aliphatic hydroxyl groups is 1. The Morgan fingerprint density at radius 2 is 2.00 bits per heavy atom. The maximum Gasteiger partial charge on any atom is 0.242 e. The number of nitrogens with zero attached hydrogens (tertiary/aromatic N) is 1. The molecule has 5 heteroatoms. The van der Waals surface area contributed by atoms with Gasteiger partial charge in [-0.15, -0.1) is 0 Å². The molecule has 0 aromatic carbocycles. The number of rotatable bonds is 3. The van der Waals surface area contributed by atoms with E-state index in [4.69, 9.17) is 0 Å². The highest BCUT2D eigenvalue weighted by Gasteiger charge is 2.39. The average molecular weight is 254 g/mol. The van der Waals surface area contributed by atoms with Crippen LogP contribution in [-0.2, 0) is 9.59 Å². The van der Waals surface area contributed by atoms with Crippen LogP contribution in [0.1, 0.15) is 44.9 Å². The summed E-state index contributed by atoms with van der Waals surface area (Å²) in [5, 5.41) is 12.9. The number of carbonyl (C=O) groups excluding carboxylic acids is 2. The Balaban J connectivity index is 1.97. The Labute approximate surface area is 108 Å². The molecule has 1 saturated carbocycles. The van der Waals surface area contributed by atoms with Crippen LogP contribution in [0.5, 0.6) is 0 Å². The van der Waals surface area contributed by atoms with Gasteiger partial charge in [0.15, 0.2) is 0 Å². The van der Waals surface area contributed by atoms with E-state index < -0.39 is 5.60 Å². The van der Waals surface area contributed by atoms with Crippen LogP contribution in [0.15, 0.2) is 0 Å². The van der Waals surface area contributed by atoms with E-state index in [1.165, 1.54) is 0 Å². The number of hydrogen-bond donors (Lipinski definition) is 2. The molecule has 0 aromatic heterocycles. The van der Waals surface area contributed by atoms with E-state index >= 15 is 0 Å².